The maximum absolute atomic E-state index is 12.2. The van der Waals surface area contributed by atoms with Crippen LogP contribution in [0.3, 0.4) is 0 Å². The van der Waals surface area contributed by atoms with Gasteiger partial charge in [0.25, 0.3) is 0 Å². The lowest BCUT2D eigenvalue weighted by Crippen LogP contribution is -2.21. The van der Waals surface area contributed by atoms with Crippen LogP contribution < -0.4 is 5.32 Å². The average molecular weight is 414 g/mol. The van der Waals surface area contributed by atoms with Gasteiger partial charge in [-0.3, -0.25) is 14.8 Å². The molecule has 0 aliphatic carbocycles. The van der Waals surface area contributed by atoms with Gasteiger partial charge in [-0.25, -0.2) is 9.67 Å². The molecule has 10 heteroatoms. The number of aromatic nitrogens is 5. The first kappa shape index (κ1) is 18.7. The van der Waals surface area contributed by atoms with Gasteiger partial charge in [-0.15, -0.1) is 5.10 Å². The number of nitrogens with zero attached hydrogens (tertiary/aromatic N) is 5. The Morgan fingerprint density at radius 1 is 1.19 bits per heavy atom. The number of carbonyl (C=O) groups is 1. The zero-order valence-electron chi connectivity index (χ0n) is 14.0. The van der Waals surface area contributed by atoms with Crippen molar-refractivity contribution in [3.8, 4) is 0 Å². The number of nitrogens with one attached hydrogen (secondary N) is 1. The molecule has 0 saturated carbocycles. The quantitative estimate of drug-likeness (QED) is 0.691. The van der Waals surface area contributed by atoms with Crippen LogP contribution in [-0.2, 0) is 17.9 Å². The van der Waals surface area contributed by atoms with Gasteiger partial charge >= 0.3 is 0 Å². The number of anilines is 1. The number of amides is 1. The molecule has 136 valence electrons. The first-order valence-electron chi connectivity index (χ1n) is 7.66. The van der Waals surface area contributed by atoms with Gasteiger partial charge in [-0.2, -0.15) is 5.10 Å². The minimum absolute atomic E-state index is 0.0247. The third kappa shape index (κ3) is 4.17. The van der Waals surface area contributed by atoms with Gasteiger partial charge in [0.1, 0.15) is 12.9 Å². The largest absolute Gasteiger partial charge is 0.292 e. The van der Waals surface area contributed by atoms with Crippen LogP contribution in [0.2, 0.25) is 15.1 Å². The maximum Gasteiger partial charge on any atom is 0.248 e. The second kappa shape index (κ2) is 7.65. The molecule has 0 fully saturated rings. The predicted octanol–water partition coefficient (Wildman–Crippen LogP) is 3.74. The third-order valence-electron chi connectivity index (χ3n) is 3.72. The van der Waals surface area contributed by atoms with E-state index in [0.717, 1.165) is 11.3 Å². The van der Waals surface area contributed by atoms with Gasteiger partial charge in [0.15, 0.2) is 0 Å². The van der Waals surface area contributed by atoms with Crippen LogP contribution in [0.25, 0.3) is 0 Å². The van der Waals surface area contributed by atoms with Crippen LogP contribution in [0.4, 0.5) is 5.95 Å². The molecule has 0 unspecified atom stereocenters. The van der Waals surface area contributed by atoms with E-state index < -0.39 is 0 Å². The Morgan fingerprint density at radius 3 is 2.62 bits per heavy atom. The van der Waals surface area contributed by atoms with Crippen molar-refractivity contribution in [2.24, 2.45) is 0 Å². The minimum Gasteiger partial charge on any atom is -0.292 e. The molecular weight excluding hydrogens is 399 g/mol. The standard InChI is InChI=1S/C16H15Cl3N6O/c1-9-15(19)10(2)25(22-9)7-14(26)21-16-20-8-24(23-16)6-11-3-4-12(17)5-13(11)18/h3-5,8H,6-7H2,1-2H3,(H,21,23,26). The van der Waals surface area contributed by atoms with Crippen LogP contribution in [0.1, 0.15) is 17.0 Å². The van der Waals surface area contributed by atoms with E-state index in [2.05, 4.69) is 20.5 Å². The van der Waals surface area contributed by atoms with Crippen molar-refractivity contribution < 1.29 is 4.79 Å². The highest BCUT2D eigenvalue weighted by Gasteiger charge is 2.14. The van der Waals surface area contributed by atoms with Gasteiger partial charge in [0.2, 0.25) is 11.9 Å². The zero-order chi connectivity index (χ0) is 18.8. The SMILES string of the molecule is Cc1nn(CC(=O)Nc2ncn(Cc3ccc(Cl)cc3Cl)n2)c(C)c1Cl. The van der Waals surface area contributed by atoms with E-state index in [1.807, 2.05) is 6.07 Å². The van der Waals surface area contributed by atoms with E-state index >= 15 is 0 Å². The number of halogens is 3. The van der Waals surface area contributed by atoms with Crippen molar-refractivity contribution in [3.63, 3.8) is 0 Å². The molecule has 3 aromatic rings. The van der Waals surface area contributed by atoms with E-state index in [4.69, 9.17) is 34.8 Å². The molecule has 26 heavy (non-hydrogen) atoms. The van der Waals surface area contributed by atoms with E-state index in [0.29, 0.717) is 27.3 Å². The fourth-order valence-corrected chi connectivity index (χ4v) is 2.99. The van der Waals surface area contributed by atoms with Crippen LogP contribution in [0.15, 0.2) is 24.5 Å². The molecular formula is C16H15Cl3N6O. The summed E-state index contributed by atoms with van der Waals surface area (Å²) >= 11 is 18.1. The lowest BCUT2D eigenvalue weighted by molar-refractivity contribution is -0.117. The number of hydrogen-bond donors (Lipinski definition) is 1. The summed E-state index contributed by atoms with van der Waals surface area (Å²) in [4.78, 5) is 16.3. The summed E-state index contributed by atoms with van der Waals surface area (Å²) in [5, 5.41) is 12.7. The minimum atomic E-state index is -0.297. The lowest BCUT2D eigenvalue weighted by Gasteiger charge is -2.05. The molecule has 1 N–H and O–H groups in total. The summed E-state index contributed by atoms with van der Waals surface area (Å²) in [7, 11) is 0. The summed E-state index contributed by atoms with van der Waals surface area (Å²) < 4.78 is 3.11. The monoisotopic (exact) mass is 412 g/mol. The Morgan fingerprint density at radius 2 is 1.96 bits per heavy atom. The Kier molecular flexibility index (Phi) is 5.50. The van der Waals surface area contributed by atoms with Gasteiger partial charge < -0.3 is 0 Å². The number of aryl methyl sites for hydroxylation is 1. The maximum atomic E-state index is 12.2. The summed E-state index contributed by atoms with van der Waals surface area (Å²) in [5.41, 5.74) is 2.26. The van der Waals surface area contributed by atoms with Crippen molar-refractivity contribution in [2.45, 2.75) is 26.9 Å². The molecule has 0 saturated heterocycles. The van der Waals surface area contributed by atoms with Crippen molar-refractivity contribution in [1.82, 2.24) is 24.5 Å². The molecule has 0 atom stereocenters. The van der Waals surface area contributed by atoms with Crippen molar-refractivity contribution in [2.75, 3.05) is 5.32 Å². The van der Waals surface area contributed by atoms with Crippen LogP contribution in [0, 0.1) is 13.8 Å². The van der Waals surface area contributed by atoms with Crippen LogP contribution >= 0.6 is 34.8 Å². The summed E-state index contributed by atoms with van der Waals surface area (Å²) in [5.74, 6) is -0.0951. The van der Waals surface area contributed by atoms with Gasteiger partial charge in [-0.1, -0.05) is 40.9 Å². The van der Waals surface area contributed by atoms with Crippen molar-refractivity contribution in [1.29, 1.82) is 0 Å². The van der Waals surface area contributed by atoms with E-state index in [1.165, 1.54) is 11.0 Å². The van der Waals surface area contributed by atoms with E-state index in [1.54, 1.807) is 30.7 Å². The fourth-order valence-electron chi connectivity index (χ4n) is 2.38. The molecule has 2 heterocycles. The molecule has 0 aliphatic heterocycles. The second-order valence-electron chi connectivity index (χ2n) is 5.69. The molecule has 2 aromatic heterocycles. The van der Waals surface area contributed by atoms with Crippen LogP contribution in [0.5, 0.6) is 0 Å². The smallest absolute Gasteiger partial charge is 0.248 e. The number of carbonyl (C=O) groups excluding carboxylic acids is 1. The normalized spacial score (nSPS) is 11.0. The summed E-state index contributed by atoms with van der Waals surface area (Å²) in [6, 6.07) is 5.23. The molecule has 3 rings (SSSR count). The highest BCUT2D eigenvalue weighted by Crippen LogP contribution is 2.22. The van der Waals surface area contributed by atoms with Crippen molar-refractivity contribution in [3.05, 3.63) is 56.5 Å². The molecule has 0 radical (unpaired) electrons. The number of benzene rings is 1. The highest BCUT2D eigenvalue weighted by molar-refractivity contribution is 6.35. The predicted molar refractivity (Wildman–Crippen MR) is 101 cm³/mol. The topological polar surface area (TPSA) is 77.6 Å². The molecule has 0 aliphatic rings. The first-order chi connectivity index (χ1) is 12.3. The summed E-state index contributed by atoms with van der Waals surface area (Å²) in [6.45, 7) is 4.02. The first-order valence-corrected chi connectivity index (χ1v) is 8.79. The van der Waals surface area contributed by atoms with Gasteiger partial charge in [0.05, 0.1) is 23.0 Å². The molecule has 1 amide bonds. The summed E-state index contributed by atoms with van der Waals surface area (Å²) in [6.07, 6.45) is 1.51. The molecule has 7 nitrogen and oxygen atoms in total. The highest BCUT2D eigenvalue weighted by atomic mass is 35.5. The van der Waals surface area contributed by atoms with Gasteiger partial charge in [-0.05, 0) is 31.5 Å². The number of hydrogen-bond acceptors (Lipinski definition) is 4. The Labute approximate surface area is 164 Å². The molecule has 0 spiro atoms. The Hall–Kier alpha value is -2.09. The Bertz CT molecular complexity index is 965. The number of rotatable bonds is 5. The van der Waals surface area contributed by atoms with Crippen molar-refractivity contribution >= 4 is 46.7 Å². The van der Waals surface area contributed by atoms with E-state index in [9.17, 15) is 4.79 Å². The Balaban J connectivity index is 1.64. The lowest BCUT2D eigenvalue weighted by atomic mass is 10.2. The molecule has 0 bridgehead atoms. The zero-order valence-corrected chi connectivity index (χ0v) is 16.3. The average Bonchev–Trinajstić information content (AvgIpc) is 3.10. The fraction of sp³-hybridized carbons (Fsp3) is 0.250. The van der Waals surface area contributed by atoms with Crippen LogP contribution in [-0.4, -0.2) is 30.5 Å². The third-order valence-corrected chi connectivity index (χ3v) is 4.86. The second-order valence-corrected chi connectivity index (χ2v) is 6.91. The van der Waals surface area contributed by atoms with Gasteiger partial charge in [0, 0.05) is 10.0 Å². The molecule has 1 aromatic carbocycles. The van der Waals surface area contributed by atoms with E-state index in [-0.39, 0.29) is 18.4 Å².